The lowest BCUT2D eigenvalue weighted by Gasteiger charge is -2.34. The molecule has 0 saturated carbocycles. The maximum Gasteiger partial charge on any atom is 0.269 e. The number of carbonyl (C=O) groups is 1. The van der Waals surface area contributed by atoms with Crippen LogP contribution in [0.15, 0.2) is 48.5 Å². The third-order valence-electron chi connectivity index (χ3n) is 4.49. The van der Waals surface area contributed by atoms with Crippen LogP contribution >= 0.6 is 0 Å². The summed E-state index contributed by atoms with van der Waals surface area (Å²) in [7, 11) is 0. The summed E-state index contributed by atoms with van der Waals surface area (Å²) in [6.45, 7) is 4.20. The molecule has 1 unspecified atom stereocenters. The van der Waals surface area contributed by atoms with E-state index in [1.54, 1.807) is 0 Å². The molecule has 2 aromatic rings. The highest BCUT2D eigenvalue weighted by Crippen LogP contribution is 2.30. The van der Waals surface area contributed by atoms with Gasteiger partial charge in [0.25, 0.3) is 11.6 Å². The Kier molecular flexibility index (Phi) is 4.97. The first-order chi connectivity index (χ1) is 12.0. The van der Waals surface area contributed by atoms with Crippen molar-refractivity contribution in [3.8, 4) is 0 Å². The van der Waals surface area contributed by atoms with Gasteiger partial charge in [0.1, 0.15) is 0 Å². The van der Waals surface area contributed by atoms with Crippen molar-refractivity contribution in [1.82, 2.24) is 0 Å². The van der Waals surface area contributed by atoms with Crippen molar-refractivity contribution in [2.24, 2.45) is 5.92 Å². The summed E-state index contributed by atoms with van der Waals surface area (Å²) < 4.78 is 0. The summed E-state index contributed by atoms with van der Waals surface area (Å²) in [5.41, 5.74) is 2.15. The Morgan fingerprint density at radius 3 is 2.60 bits per heavy atom. The Bertz CT molecular complexity index is 774. The maximum absolute atomic E-state index is 12.5. The fraction of sp³-hybridized carbons (Fsp3) is 0.316. The zero-order valence-corrected chi connectivity index (χ0v) is 14.1. The van der Waals surface area contributed by atoms with E-state index in [4.69, 9.17) is 0 Å². The summed E-state index contributed by atoms with van der Waals surface area (Å²) in [4.78, 5) is 25.0. The van der Waals surface area contributed by atoms with Gasteiger partial charge in [0.2, 0.25) is 0 Å². The molecule has 0 aliphatic carbocycles. The first-order valence-corrected chi connectivity index (χ1v) is 8.44. The van der Waals surface area contributed by atoms with Crippen LogP contribution in [0.5, 0.6) is 0 Å². The predicted molar refractivity (Wildman–Crippen MR) is 98.1 cm³/mol. The second-order valence-corrected chi connectivity index (χ2v) is 6.47. The van der Waals surface area contributed by atoms with Gasteiger partial charge in [0, 0.05) is 30.8 Å². The third-order valence-corrected chi connectivity index (χ3v) is 4.49. The first kappa shape index (κ1) is 17.0. The number of nitro groups is 1. The Morgan fingerprint density at radius 2 is 1.92 bits per heavy atom. The molecule has 6 heteroatoms. The minimum absolute atomic E-state index is 0.0285. The molecule has 1 aliphatic rings. The number of rotatable bonds is 4. The number of hydrogen-bond acceptors (Lipinski definition) is 4. The molecule has 1 heterocycles. The van der Waals surface area contributed by atoms with Crippen LogP contribution < -0.4 is 10.2 Å². The van der Waals surface area contributed by atoms with Gasteiger partial charge in [-0.3, -0.25) is 14.9 Å². The van der Waals surface area contributed by atoms with Gasteiger partial charge in [0.15, 0.2) is 0 Å². The van der Waals surface area contributed by atoms with Gasteiger partial charge in [0.05, 0.1) is 16.3 Å². The van der Waals surface area contributed by atoms with E-state index in [1.807, 2.05) is 24.3 Å². The second kappa shape index (κ2) is 7.34. The Labute approximate surface area is 146 Å². The number of nitrogens with one attached hydrogen (secondary N) is 1. The van der Waals surface area contributed by atoms with Gasteiger partial charge in [-0.2, -0.15) is 0 Å². The number of hydrogen-bond donors (Lipinski definition) is 1. The Balaban J connectivity index is 1.78. The normalized spacial score (nSPS) is 17.2. The van der Waals surface area contributed by atoms with Crippen LogP contribution in [0.1, 0.15) is 30.1 Å². The molecule has 6 nitrogen and oxygen atoms in total. The van der Waals surface area contributed by atoms with Gasteiger partial charge >= 0.3 is 0 Å². The number of benzene rings is 2. The molecule has 1 fully saturated rings. The van der Waals surface area contributed by atoms with Crippen LogP contribution in [0.25, 0.3) is 0 Å². The van der Waals surface area contributed by atoms with E-state index in [1.165, 1.54) is 30.7 Å². The van der Waals surface area contributed by atoms with E-state index in [9.17, 15) is 14.9 Å². The summed E-state index contributed by atoms with van der Waals surface area (Å²) >= 11 is 0. The van der Waals surface area contributed by atoms with Crippen LogP contribution in [-0.4, -0.2) is 23.9 Å². The molecule has 0 spiro atoms. The van der Waals surface area contributed by atoms with Crippen molar-refractivity contribution in [2.75, 3.05) is 23.3 Å². The highest BCUT2D eigenvalue weighted by Gasteiger charge is 2.19. The zero-order valence-electron chi connectivity index (χ0n) is 14.1. The number of nitro benzene ring substituents is 1. The summed E-state index contributed by atoms with van der Waals surface area (Å²) in [6, 6.07) is 13.4. The van der Waals surface area contributed by atoms with Crippen LogP contribution in [0.3, 0.4) is 0 Å². The van der Waals surface area contributed by atoms with E-state index in [2.05, 4.69) is 17.1 Å². The maximum atomic E-state index is 12.5. The summed E-state index contributed by atoms with van der Waals surface area (Å²) in [5.74, 6) is 0.361. The van der Waals surface area contributed by atoms with E-state index in [0.29, 0.717) is 11.5 Å². The van der Waals surface area contributed by atoms with Crippen molar-refractivity contribution in [3.05, 3.63) is 64.2 Å². The van der Waals surface area contributed by atoms with Crippen molar-refractivity contribution in [1.29, 1.82) is 0 Å². The lowest BCUT2D eigenvalue weighted by atomic mass is 9.99. The monoisotopic (exact) mass is 339 g/mol. The average molecular weight is 339 g/mol. The lowest BCUT2D eigenvalue weighted by Crippen LogP contribution is -2.34. The molecule has 25 heavy (non-hydrogen) atoms. The minimum atomic E-state index is -0.478. The first-order valence-electron chi connectivity index (χ1n) is 8.44. The van der Waals surface area contributed by atoms with Crippen LogP contribution in [0.4, 0.5) is 17.1 Å². The van der Waals surface area contributed by atoms with E-state index in [-0.39, 0.29) is 11.6 Å². The van der Waals surface area contributed by atoms with Gasteiger partial charge in [-0.05, 0) is 43.0 Å². The van der Waals surface area contributed by atoms with Crippen molar-refractivity contribution >= 4 is 23.0 Å². The van der Waals surface area contributed by atoms with Gasteiger partial charge in [-0.15, -0.1) is 0 Å². The van der Waals surface area contributed by atoms with Crippen molar-refractivity contribution in [3.63, 3.8) is 0 Å². The molecule has 1 atom stereocenters. The second-order valence-electron chi connectivity index (χ2n) is 6.47. The summed E-state index contributed by atoms with van der Waals surface area (Å²) in [6.07, 6.45) is 2.37. The number of amides is 1. The molecule has 1 saturated heterocycles. The molecule has 0 aromatic heterocycles. The highest BCUT2D eigenvalue weighted by atomic mass is 16.6. The molecule has 0 radical (unpaired) electrons. The van der Waals surface area contributed by atoms with Gasteiger partial charge < -0.3 is 10.2 Å². The fourth-order valence-electron chi connectivity index (χ4n) is 3.19. The van der Waals surface area contributed by atoms with E-state index < -0.39 is 4.92 Å². The zero-order chi connectivity index (χ0) is 17.8. The molecular weight excluding hydrogens is 318 g/mol. The number of carbonyl (C=O) groups excluding carboxylic acids is 1. The van der Waals surface area contributed by atoms with Crippen molar-refractivity contribution < 1.29 is 9.72 Å². The Morgan fingerprint density at radius 1 is 1.20 bits per heavy atom. The quantitative estimate of drug-likeness (QED) is 0.672. The van der Waals surface area contributed by atoms with Crippen molar-refractivity contribution in [2.45, 2.75) is 19.8 Å². The molecule has 2 aromatic carbocycles. The molecule has 1 N–H and O–H groups in total. The molecule has 130 valence electrons. The van der Waals surface area contributed by atoms with Crippen LogP contribution in [0, 0.1) is 16.0 Å². The number of para-hydroxylation sites is 2. The Hall–Kier alpha value is -2.89. The molecule has 1 aliphatic heterocycles. The SMILES string of the molecule is CC1CCCN(c2ccccc2NC(=O)c2ccc([N+](=O)[O-])cc2)C1. The third kappa shape index (κ3) is 3.96. The van der Waals surface area contributed by atoms with Crippen LogP contribution in [0.2, 0.25) is 0 Å². The number of non-ortho nitro benzene ring substituents is 1. The molecule has 0 bridgehead atoms. The molecule has 1 amide bonds. The number of piperidine rings is 1. The van der Waals surface area contributed by atoms with E-state index in [0.717, 1.165) is 30.9 Å². The highest BCUT2D eigenvalue weighted by molar-refractivity contribution is 6.06. The van der Waals surface area contributed by atoms with Gasteiger partial charge in [-0.1, -0.05) is 19.1 Å². The molecular formula is C19H21N3O3. The standard InChI is InChI=1S/C19H21N3O3/c1-14-5-4-12-21(13-14)18-7-3-2-6-17(18)20-19(23)15-8-10-16(11-9-15)22(24)25/h2-3,6-11,14H,4-5,12-13H2,1H3,(H,20,23). The largest absolute Gasteiger partial charge is 0.370 e. The summed E-state index contributed by atoms with van der Waals surface area (Å²) in [5, 5.41) is 13.7. The fourth-order valence-corrected chi connectivity index (χ4v) is 3.19. The number of nitrogens with zero attached hydrogens (tertiary/aromatic N) is 2. The average Bonchev–Trinajstić information content (AvgIpc) is 2.62. The topological polar surface area (TPSA) is 75.5 Å². The molecule has 3 rings (SSSR count). The van der Waals surface area contributed by atoms with Gasteiger partial charge in [-0.25, -0.2) is 0 Å². The number of anilines is 2. The van der Waals surface area contributed by atoms with Crippen LogP contribution in [-0.2, 0) is 0 Å². The van der Waals surface area contributed by atoms with E-state index >= 15 is 0 Å². The smallest absolute Gasteiger partial charge is 0.269 e. The minimum Gasteiger partial charge on any atom is -0.370 e. The lowest BCUT2D eigenvalue weighted by molar-refractivity contribution is -0.384. The predicted octanol–water partition coefficient (Wildman–Crippen LogP) is 4.08.